The number of nitrogens with one attached hydrogen (secondary N) is 1. The average molecular weight is 483 g/mol. The van der Waals surface area contributed by atoms with Crippen molar-refractivity contribution in [1.29, 1.82) is 0 Å². The molecule has 170 valence electrons. The fourth-order valence-electron chi connectivity index (χ4n) is 4.15. The molecule has 2 atom stereocenters. The van der Waals surface area contributed by atoms with E-state index in [4.69, 9.17) is 16.2 Å². The number of likely N-dealkylation sites (tertiary alicyclic amines) is 1. The lowest BCUT2D eigenvalue weighted by molar-refractivity contribution is 0.378. The maximum Gasteiger partial charge on any atom is 0.167 e. The Balaban J connectivity index is 1.30. The van der Waals surface area contributed by atoms with E-state index in [1.165, 1.54) is 0 Å². The van der Waals surface area contributed by atoms with Crippen LogP contribution in [-0.2, 0) is 17.6 Å². The smallest absolute Gasteiger partial charge is 0.167 e. The first kappa shape index (κ1) is 22.0. The molecule has 0 saturated carbocycles. The number of hydrogen-bond acceptors (Lipinski definition) is 5. The number of nitrogens with zero attached hydrogens (tertiary/aromatic N) is 5. The number of halogens is 1. The van der Waals surface area contributed by atoms with Crippen molar-refractivity contribution in [3.8, 4) is 22.6 Å². The lowest BCUT2D eigenvalue weighted by Gasteiger charge is -2.12. The molecule has 3 aromatic heterocycles. The van der Waals surface area contributed by atoms with Gasteiger partial charge in [-0.3, -0.25) is 14.6 Å². The van der Waals surface area contributed by atoms with E-state index in [1.807, 2.05) is 64.6 Å². The molecule has 0 amide bonds. The van der Waals surface area contributed by atoms with Gasteiger partial charge in [-0.1, -0.05) is 23.7 Å². The van der Waals surface area contributed by atoms with Gasteiger partial charge in [0.1, 0.15) is 11.6 Å². The number of rotatable bonds is 7. The van der Waals surface area contributed by atoms with Gasteiger partial charge in [0.05, 0.1) is 12.7 Å². The minimum Gasteiger partial charge on any atom is -0.340 e. The molecular weight excluding hydrogens is 460 g/mol. The number of imidazole rings is 1. The second kappa shape index (κ2) is 9.56. The van der Waals surface area contributed by atoms with Crippen LogP contribution in [0, 0.1) is 0 Å². The van der Waals surface area contributed by atoms with Gasteiger partial charge >= 0.3 is 0 Å². The van der Waals surface area contributed by atoms with Gasteiger partial charge in [-0.2, -0.15) is 5.10 Å². The van der Waals surface area contributed by atoms with Gasteiger partial charge in [-0.25, -0.2) is 9.19 Å². The molecule has 0 radical (unpaired) electrons. The third-order valence-corrected chi connectivity index (χ3v) is 6.67. The number of aromatic amines is 1. The molecule has 4 aromatic rings. The average Bonchev–Trinajstić information content (AvgIpc) is 3.56. The van der Waals surface area contributed by atoms with Crippen LogP contribution in [-0.4, -0.2) is 57.4 Å². The molecule has 10 heteroatoms. The first-order chi connectivity index (χ1) is 16.0. The van der Waals surface area contributed by atoms with Crippen LogP contribution in [0.25, 0.3) is 22.6 Å². The lowest BCUT2D eigenvalue weighted by Crippen LogP contribution is -2.24. The molecule has 0 bridgehead atoms. The van der Waals surface area contributed by atoms with Crippen LogP contribution in [0.5, 0.6) is 0 Å². The number of aromatic nitrogens is 5. The fourth-order valence-corrected chi connectivity index (χ4v) is 4.82. The van der Waals surface area contributed by atoms with E-state index < -0.39 is 11.1 Å². The molecule has 5 rings (SSSR count). The summed E-state index contributed by atoms with van der Waals surface area (Å²) in [6.07, 6.45) is 8.41. The summed E-state index contributed by atoms with van der Waals surface area (Å²) in [5.41, 5.74) is 4.93. The van der Waals surface area contributed by atoms with Crippen LogP contribution in [0.3, 0.4) is 0 Å². The molecule has 33 heavy (non-hydrogen) atoms. The predicted molar refractivity (Wildman–Crippen MR) is 128 cm³/mol. The molecule has 4 heterocycles. The van der Waals surface area contributed by atoms with Crippen LogP contribution in [0.15, 0.2) is 61.2 Å². The van der Waals surface area contributed by atoms with Crippen molar-refractivity contribution in [3.05, 3.63) is 77.5 Å². The minimum absolute atomic E-state index is 0.187. The third kappa shape index (κ3) is 5.22. The summed E-state index contributed by atoms with van der Waals surface area (Å²) in [5, 5.41) is 5.21. The maximum atomic E-state index is 11.1. The quantitative estimate of drug-likeness (QED) is 0.386. The lowest BCUT2D eigenvalue weighted by atomic mass is 10.1. The zero-order valence-electron chi connectivity index (χ0n) is 17.8. The number of H-pyrrole nitrogens is 1. The highest BCUT2D eigenvalue weighted by molar-refractivity contribution is 7.79. The Kier molecular flexibility index (Phi) is 6.37. The fraction of sp³-hybridized carbons (Fsp3) is 0.261. The predicted octanol–water partition coefficient (Wildman–Crippen LogP) is 4.01. The van der Waals surface area contributed by atoms with E-state index in [1.54, 1.807) is 6.20 Å². The number of pyridine rings is 1. The number of hydrogen-bond donors (Lipinski definition) is 2. The van der Waals surface area contributed by atoms with Crippen molar-refractivity contribution in [3.63, 3.8) is 0 Å². The second-order valence-corrected chi connectivity index (χ2v) is 9.52. The minimum atomic E-state index is -1.81. The van der Waals surface area contributed by atoms with E-state index in [9.17, 15) is 4.21 Å². The van der Waals surface area contributed by atoms with Crippen molar-refractivity contribution in [2.24, 2.45) is 0 Å². The van der Waals surface area contributed by atoms with Crippen LogP contribution in [0.2, 0.25) is 5.02 Å². The molecule has 1 aromatic carbocycles. The van der Waals surface area contributed by atoms with E-state index in [2.05, 4.69) is 20.1 Å². The van der Waals surface area contributed by atoms with E-state index in [0.29, 0.717) is 12.4 Å². The van der Waals surface area contributed by atoms with Gasteiger partial charge in [-0.15, -0.1) is 0 Å². The van der Waals surface area contributed by atoms with Crippen molar-refractivity contribution in [2.45, 2.75) is 18.9 Å². The summed E-state index contributed by atoms with van der Waals surface area (Å²) >= 11 is 4.16. The van der Waals surface area contributed by atoms with Crippen molar-refractivity contribution < 1.29 is 8.76 Å². The van der Waals surface area contributed by atoms with Crippen molar-refractivity contribution in [2.75, 3.05) is 19.0 Å². The normalized spacial score (nSPS) is 17.5. The monoisotopic (exact) mass is 482 g/mol. The zero-order chi connectivity index (χ0) is 22.8. The van der Waals surface area contributed by atoms with Gasteiger partial charge in [0.25, 0.3) is 0 Å². The Hall–Kier alpha value is -2.85. The largest absolute Gasteiger partial charge is 0.340 e. The van der Waals surface area contributed by atoms with Gasteiger partial charge in [-0.05, 0) is 48.4 Å². The first-order valence-corrected chi connectivity index (χ1v) is 12.3. The summed E-state index contributed by atoms with van der Waals surface area (Å²) in [7, 11) is 0. The van der Waals surface area contributed by atoms with E-state index in [0.717, 1.165) is 52.6 Å². The van der Waals surface area contributed by atoms with Crippen molar-refractivity contribution in [1.82, 2.24) is 29.6 Å². The highest BCUT2D eigenvalue weighted by atomic mass is 35.5. The topological polar surface area (TPSA) is 99.9 Å². The highest BCUT2D eigenvalue weighted by Gasteiger charge is 2.26. The Labute approximate surface area is 198 Å². The summed E-state index contributed by atoms with van der Waals surface area (Å²) in [6, 6.07) is 11.7. The molecule has 0 aliphatic carbocycles. The summed E-state index contributed by atoms with van der Waals surface area (Å²) < 4.78 is 22.1. The molecular formula is C23H23ClN6O2S. The Bertz CT molecular complexity index is 1270. The molecule has 8 nitrogen and oxygen atoms in total. The molecule has 2 N–H and O–H groups in total. The van der Waals surface area contributed by atoms with Gasteiger partial charge in [0.2, 0.25) is 0 Å². The van der Waals surface area contributed by atoms with Crippen molar-refractivity contribution >= 4 is 22.7 Å². The van der Waals surface area contributed by atoms with Crippen LogP contribution in [0.4, 0.5) is 0 Å². The molecule has 1 aliphatic heterocycles. The summed E-state index contributed by atoms with van der Waals surface area (Å²) in [6.45, 7) is 2.21. The molecule has 1 saturated heterocycles. The highest BCUT2D eigenvalue weighted by Crippen LogP contribution is 2.28. The van der Waals surface area contributed by atoms with E-state index in [-0.39, 0.29) is 11.8 Å². The van der Waals surface area contributed by atoms with Gasteiger partial charge in [0.15, 0.2) is 16.9 Å². The number of benzene rings is 1. The summed E-state index contributed by atoms with van der Waals surface area (Å²) in [5.74, 6) is 1.17. The van der Waals surface area contributed by atoms with Crippen LogP contribution in [0.1, 0.15) is 23.6 Å². The standard InChI is InChI=1S/C23H23ClN6O2S/c24-20-3-1-16(2-4-20)12-30-14-19(10-27-30)17-5-7-25-21(9-17)23-26-11-22(28-23)18-6-8-29(13-18)15-33(31)32/h1-5,7,9-11,14,18H,6,8,12-13,15H2,(H,26,28)(H,31,32). The SMILES string of the molecule is O=S(O)CN1CCC(c2cnc(-c3cc(-c4cnn(Cc5ccc(Cl)cc5)c4)ccn3)[nH]2)C1. The Morgan fingerprint density at radius 2 is 2.00 bits per heavy atom. The maximum absolute atomic E-state index is 11.1. The summed E-state index contributed by atoms with van der Waals surface area (Å²) in [4.78, 5) is 14.4. The van der Waals surface area contributed by atoms with Gasteiger partial charge in [0, 0.05) is 47.3 Å². The Morgan fingerprint density at radius 1 is 1.15 bits per heavy atom. The Morgan fingerprint density at radius 3 is 2.82 bits per heavy atom. The zero-order valence-corrected chi connectivity index (χ0v) is 19.3. The molecule has 1 aliphatic rings. The molecule has 2 unspecified atom stereocenters. The van der Waals surface area contributed by atoms with Crippen LogP contribution < -0.4 is 0 Å². The van der Waals surface area contributed by atoms with Gasteiger partial charge < -0.3 is 9.54 Å². The molecule has 0 spiro atoms. The van der Waals surface area contributed by atoms with Crippen LogP contribution >= 0.6 is 11.6 Å². The second-order valence-electron chi connectivity index (χ2n) is 8.18. The van der Waals surface area contributed by atoms with E-state index >= 15 is 0 Å². The molecule has 1 fully saturated rings. The first-order valence-electron chi connectivity index (χ1n) is 10.6. The third-order valence-electron chi connectivity index (χ3n) is 5.83.